The van der Waals surface area contributed by atoms with Crippen LogP contribution in [-0.4, -0.2) is 54.7 Å². The highest BCUT2D eigenvalue weighted by atomic mass is 35.5. The standard InChI is InChI=1S/C21H21ClFN9O.CH4O/c1-24-19(33)12-32-11-17(8-28-32)29-21-26-9-18(22)20(30-21)25-6-13-3-14(5-16(23)4-13)15-7-27-31(2)10-15;1-2/h3-5,7-11H,6,12H2,1-2H3,(H,24,33)(H2,25,26,29,30);2H,1H3. The number of benzene rings is 1. The Bertz CT molecular complexity index is 1290. The summed E-state index contributed by atoms with van der Waals surface area (Å²) in [6, 6.07) is 4.79. The van der Waals surface area contributed by atoms with E-state index in [-0.39, 0.29) is 24.2 Å². The largest absolute Gasteiger partial charge is 0.400 e. The first kappa shape index (κ1) is 25.6. The molecular weight excluding hydrogens is 477 g/mol. The average Bonchev–Trinajstić information content (AvgIpc) is 3.49. The van der Waals surface area contributed by atoms with Crippen LogP contribution in [0.4, 0.5) is 21.8 Å². The van der Waals surface area contributed by atoms with Gasteiger partial charge in [0.05, 0.1) is 24.3 Å². The van der Waals surface area contributed by atoms with Crippen LogP contribution in [0.2, 0.25) is 5.02 Å². The van der Waals surface area contributed by atoms with Gasteiger partial charge in [0, 0.05) is 45.7 Å². The molecule has 1 aromatic carbocycles. The molecule has 4 rings (SSSR count). The number of aryl methyl sites for hydroxylation is 1. The van der Waals surface area contributed by atoms with E-state index >= 15 is 0 Å². The number of likely N-dealkylation sites (N-methyl/N-ethyl adjacent to an activating group) is 1. The van der Waals surface area contributed by atoms with E-state index in [9.17, 15) is 9.18 Å². The van der Waals surface area contributed by atoms with Crippen molar-refractivity contribution in [1.29, 1.82) is 0 Å². The first-order valence-electron chi connectivity index (χ1n) is 10.4. The quantitative estimate of drug-likeness (QED) is 0.289. The molecule has 0 aliphatic carbocycles. The number of anilines is 3. The highest BCUT2D eigenvalue weighted by Crippen LogP contribution is 2.24. The average molecular weight is 502 g/mol. The zero-order valence-corrected chi connectivity index (χ0v) is 20.1. The maximum atomic E-state index is 14.2. The Morgan fingerprint density at radius 2 is 1.91 bits per heavy atom. The Morgan fingerprint density at radius 3 is 2.63 bits per heavy atom. The molecule has 0 radical (unpaired) electrons. The summed E-state index contributed by atoms with van der Waals surface area (Å²) in [4.78, 5) is 20.0. The monoisotopic (exact) mass is 501 g/mol. The summed E-state index contributed by atoms with van der Waals surface area (Å²) in [7, 11) is 4.37. The van der Waals surface area contributed by atoms with Crippen LogP contribution in [0.5, 0.6) is 0 Å². The molecule has 0 fully saturated rings. The molecule has 3 heterocycles. The fourth-order valence-corrected chi connectivity index (χ4v) is 3.25. The lowest BCUT2D eigenvalue weighted by Crippen LogP contribution is -2.23. The highest BCUT2D eigenvalue weighted by molar-refractivity contribution is 6.32. The van der Waals surface area contributed by atoms with Crippen LogP contribution >= 0.6 is 11.6 Å². The summed E-state index contributed by atoms with van der Waals surface area (Å²) in [5.74, 6) is 0.164. The molecule has 0 aliphatic rings. The predicted molar refractivity (Wildman–Crippen MR) is 131 cm³/mol. The van der Waals surface area contributed by atoms with Gasteiger partial charge in [0.1, 0.15) is 17.4 Å². The maximum absolute atomic E-state index is 14.2. The zero-order chi connectivity index (χ0) is 25.4. The van der Waals surface area contributed by atoms with Gasteiger partial charge in [-0.05, 0) is 29.3 Å². The Balaban J connectivity index is 0.00000167. The highest BCUT2D eigenvalue weighted by Gasteiger charge is 2.10. The van der Waals surface area contributed by atoms with Gasteiger partial charge in [-0.15, -0.1) is 0 Å². The molecule has 0 unspecified atom stereocenters. The molecule has 35 heavy (non-hydrogen) atoms. The summed E-state index contributed by atoms with van der Waals surface area (Å²) >= 11 is 6.24. The number of nitrogens with zero attached hydrogens (tertiary/aromatic N) is 6. The minimum Gasteiger partial charge on any atom is -0.400 e. The Labute approximate surface area is 206 Å². The molecule has 1 amide bonds. The molecule has 13 heteroatoms. The minimum absolute atomic E-state index is 0.0983. The van der Waals surface area contributed by atoms with Gasteiger partial charge in [-0.1, -0.05) is 11.6 Å². The summed E-state index contributed by atoms with van der Waals surface area (Å²) in [6.45, 7) is 0.395. The van der Waals surface area contributed by atoms with E-state index in [1.807, 2.05) is 12.3 Å². The molecule has 11 nitrogen and oxygen atoms in total. The summed E-state index contributed by atoms with van der Waals surface area (Å²) in [5, 5.41) is 24.2. The number of aliphatic hydroxyl groups is 1. The lowest BCUT2D eigenvalue weighted by molar-refractivity contribution is -0.121. The van der Waals surface area contributed by atoms with Crippen LogP contribution in [-0.2, 0) is 24.9 Å². The molecule has 0 aliphatic heterocycles. The molecule has 0 bridgehead atoms. The molecule has 184 valence electrons. The van der Waals surface area contributed by atoms with E-state index in [2.05, 4.69) is 36.1 Å². The minimum atomic E-state index is -0.349. The predicted octanol–water partition coefficient (Wildman–Crippen LogP) is 2.58. The molecule has 0 saturated carbocycles. The third kappa shape index (κ3) is 6.98. The zero-order valence-electron chi connectivity index (χ0n) is 19.3. The number of aliphatic hydroxyl groups excluding tert-OH is 1. The third-order valence-electron chi connectivity index (χ3n) is 4.67. The Hall–Kier alpha value is -4.03. The van der Waals surface area contributed by atoms with Gasteiger partial charge in [-0.2, -0.15) is 15.2 Å². The maximum Gasteiger partial charge on any atom is 0.241 e. The number of carbonyl (C=O) groups excluding carboxylic acids is 1. The third-order valence-corrected chi connectivity index (χ3v) is 4.95. The van der Waals surface area contributed by atoms with E-state index in [4.69, 9.17) is 16.7 Å². The Morgan fingerprint density at radius 1 is 1.11 bits per heavy atom. The number of halogens is 2. The van der Waals surface area contributed by atoms with Crippen molar-refractivity contribution in [2.24, 2.45) is 7.05 Å². The van der Waals surface area contributed by atoms with Gasteiger partial charge >= 0.3 is 0 Å². The van der Waals surface area contributed by atoms with Crippen LogP contribution in [0, 0.1) is 5.82 Å². The van der Waals surface area contributed by atoms with Gasteiger partial charge in [0.2, 0.25) is 11.9 Å². The number of amides is 1. The molecule has 0 saturated heterocycles. The molecule has 4 N–H and O–H groups in total. The van der Waals surface area contributed by atoms with Crippen molar-refractivity contribution >= 4 is 35.0 Å². The van der Waals surface area contributed by atoms with Crippen LogP contribution in [0.15, 0.2) is 49.2 Å². The molecule has 0 atom stereocenters. The topological polar surface area (TPSA) is 135 Å². The van der Waals surface area contributed by atoms with Gasteiger partial charge in [-0.25, -0.2) is 9.37 Å². The van der Waals surface area contributed by atoms with Crippen molar-refractivity contribution in [1.82, 2.24) is 34.8 Å². The van der Waals surface area contributed by atoms with Crippen molar-refractivity contribution in [3.63, 3.8) is 0 Å². The summed E-state index contributed by atoms with van der Waals surface area (Å²) in [6.07, 6.45) is 8.18. The van der Waals surface area contributed by atoms with Gasteiger partial charge in [-0.3, -0.25) is 14.2 Å². The molecule has 0 spiro atoms. The number of aromatic nitrogens is 6. The normalized spacial score (nSPS) is 10.3. The molecule has 3 aromatic heterocycles. The number of carbonyl (C=O) groups is 1. The second-order valence-electron chi connectivity index (χ2n) is 7.22. The fraction of sp³-hybridized carbons (Fsp3) is 0.227. The van der Waals surface area contributed by atoms with Crippen LogP contribution in [0.1, 0.15) is 5.56 Å². The van der Waals surface area contributed by atoms with Gasteiger partial charge in [0.15, 0.2) is 5.82 Å². The first-order chi connectivity index (χ1) is 16.9. The summed E-state index contributed by atoms with van der Waals surface area (Å²) in [5.41, 5.74) is 2.87. The van der Waals surface area contributed by atoms with Crippen LogP contribution in [0.3, 0.4) is 0 Å². The van der Waals surface area contributed by atoms with E-state index in [0.29, 0.717) is 28.6 Å². The SMILES string of the molecule is CNC(=O)Cn1cc(Nc2ncc(Cl)c(NCc3cc(F)cc(-c4cnn(C)c4)c3)n2)cn1.CO. The van der Waals surface area contributed by atoms with Crippen molar-refractivity contribution in [3.8, 4) is 11.1 Å². The smallest absolute Gasteiger partial charge is 0.241 e. The van der Waals surface area contributed by atoms with Crippen LogP contribution in [0.25, 0.3) is 11.1 Å². The number of hydrogen-bond donors (Lipinski definition) is 4. The second kappa shape index (κ2) is 11.9. The lowest BCUT2D eigenvalue weighted by Gasteiger charge is -2.10. The second-order valence-corrected chi connectivity index (χ2v) is 7.63. The Kier molecular flexibility index (Phi) is 8.70. The fourth-order valence-electron chi connectivity index (χ4n) is 3.10. The number of hydrogen-bond acceptors (Lipinski definition) is 8. The van der Waals surface area contributed by atoms with Crippen molar-refractivity contribution in [2.45, 2.75) is 13.1 Å². The lowest BCUT2D eigenvalue weighted by atomic mass is 10.1. The number of rotatable bonds is 8. The van der Waals surface area contributed by atoms with E-state index in [0.717, 1.165) is 18.2 Å². The molecule has 4 aromatic rings. The molecular formula is C22H25ClFN9O2. The van der Waals surface area contributed by atoms with E-state index in [1.54, 1.807) is 37.4 Å². The summed E-state index contributed by atoms with van der Waals surface area (Å²) < 4.78 is 17.3. The van der Waals surface area contributed by atoms with E-state index in [1.165, 1.54) is 23.0 Å². The number of nitrogens with one attached hydrogen (secondary N) is 3. The first-order valence-corrected chi connectivity index (χ1v) is 10.8. The van der Waals surface area contributed by atoms with Crippen molar-refractivity contribution in [3.05, 3.63) is 65.6 Å². The van der Waals surface area contributed by atoms with Crippen LogP contribution < -0.4 is 16.0 Å². The van der Waals surface area contributed by atoms with Gasteiger partial charge in [0.25, 0.3) is 0 Å². The van der Waals surface area contributed by atoms with Gasteiger partial charge < -0.3 is 21.1 Å². The van der Waals surface area contributed by atoms with E-state index < -0.39 is 0 Å². The van der Waals surface area contributed by atoms with Crippen molar-refractivity contribution in [2.75, 3.05) is 24.8 Å². The van der Waals surface area contributed by atoms with Crippen molar-refractivity contribution < 1.29 is 14.3 Å².